The number of hydrogen-bond donors (Lipinski definition) is 1. The molecule has 0 spiro atoms. The molecule has 0 unspecified atom stereocenters. The van der Waals surface area contributed by atoms with Crippen LogP contribution in [-0.2, 0) is 0 Å². The van der Waals surface area contributed by atoms with E-state index < -0.39 is 5.82 Å². The third kappa shape index (κ3) is 2.31. The standard InChI is InChI=1S/C15H12FN3O2/c1-20-12-5-3-2-4-11(12)13-14(19-21-15(13)17)9-6-10(16)8-18-7-9/h2-8H,17H2,1H3. The van der Waals surface area contributed by atoms with Gasteiger partial charge in [-0.3, -0.25) is 4.98 Å². The number of rotatable bonds is 3. The van der Waals surface area contributed by atoms with Crippen molar-refractivity contribution >= 4 is 5.88 Å². The lowest BCUT2D eigenvalue weighted by Crippen LogP contribution is -1.92. The highest BCUT2D eigenvalue weighted by Crippen LogP contribution is 2.40. The van der Waals surface area contributed by atoms with Crippen molar-refractivity contribution < 1.29 is 13.7 Å². The molecular formula is C15H12FN3O2. The largest absolute Gasteiger partial charge is 0.496 e. The van der Waals surface area contributed by atoms with E-state index in [0.717, 1.165) is 11.8 Å². The topological polar surface area (TPSA) is 74.2 Å². The van der Waals surface area contributed by atoms with Crippen LogP contribution in [0.5, 0.6) is 5.75 Å². The van der Waals surface area contributed by atoms with Crippen LogP contribution in [0.15, 0.2) is 47.2 Å². The molecule has 0 saturated heterocycles. The normalized spacial score (nSPS) is 10.6. The van der Waals surface area contributed by atoms with Gasteiger partial charge in [-0.2, -0.15) is 0 Å². The highest BCUT2D eigenvalue weighted by Gasteiger charge is 2.20. The van der Waals surface area contributed by atoms with Crippen LogP contribution in [-0.4, -0.2) is 17.3 Å². The van der Waals surface area contributed by atoms with Gasteiger partial charge in [0.25, 0.3) is 0 Å². The molecule has 0 aliphatic carbocycles. The predicted molar refractivity (Wildman–Crippen MR) is 76.1 cm³/mol. The summed E-state index contributed by atoms with van der Waals surface area (Å²) in [6, 6.07) is 8.64. The highest BCUT2D eigenvalue weighted by molar-refractivity contribution is 5.89. The fourth-order valence-corrected chi connectivity index (χ4v) is 2.15. The van der Waals surface area contributed by atoms with Gasteiger partial charge in [-0.25, -0.2) is 4.39 Å². The molecule has 5 nitrogen and oxygen atoms in total. The number of hydrogen-bond acceptors (Lipinski definition) is 5. The highest BCUT2D eigenvalue weighted by atomic mass is 19.1. The molecule has 21 heavy (non-hydrogen) atoms. The third-order valence-corrected chi connectivity index (χ3v) is 3.07. The van der Waals surface area contributed by atoms with E-state index in [-0.39, 0.29) is 5.88 Å². The zero-order chi connectivity index (χ0) is 14.8. The summed E-state index contributed by atoms with van der Waals surface area (Å²) in [5, 5.41) is 3.92. The Kier molecular flexibility index (Phi) is 3.27. The molecular weight excluding hydrogens is 273 g/mol. The fraction of sp³-hybridized carbons (Fsp3) is 0.0667. The number of methoxy groups -OCH3 is 1. The number of para-hydroxylation sites is 1. The van der Waals surface area contributed by atoms with Crippen molar-refractivity contribution in [3.63, 3.8) is 0 Å². The van der Waals surface area contributed by atoms with E-state index in [2.05, 4.69) is 10.1 Å². The molecule has 1 aromatic carbocycles. The lowest BCUT2D eigenvalue weighted by Gasteiger charge is -2.08. The molecule has 6 heteroatoms. The second-order valence-electron chi connectivity index (χ2n) is 4.36. The molecule has 0 aliphatic rings. The maximum Gasteiger partial charge on any atom is 0.230 e. The monoisotopic (exact) mass is 285 g/mol. The molecule has 0 saturated carbocycles. The molecule has 0 aliphatic heterocycles. The van der Waals surface area contributed by atoms with Crippen molar-refractivity contribution in [2.45, 2.75) is 0 Å². The van der Waals surface area contributed by atoms with Crippen LogP contribution >= 0.6 is 0 Å². The van der Waals surface area contributed by atoms with Crippen LogP contribution in [0.3, 0.4) is 0 Å². The molecule has 106 valence electrons. The number of aromatic nitrogens is 2. The van der Waals surface area contributed by atoms with Gasteiger partial charge < -0.3 is 15.0 Å². The number of ether oxygens (including phenoxy) is 1. The van der Waals surface area contributed by atoms with Crippen molar-refractivity contribution in [3.05, 3.63) is 48.5 Å². The molecule has 0 atom stereocenters. The second kappa shape index (κ2) is 5.24. The molecule has 0 amide bonds. The number of anilines is 1. The first-order chi connectivity index (χ1) is 10.2. The molecule has 2 aromatic heterocycles. The lowest BCUT2D eigenvalue weighted by atomic mass is 10.0. The minimum Gasteiger partial charge on any atom is -0.496 e. The Morgan fingerprint density at radius 2 is 2.05 bits per heavy atom. The van der Waals surface area contributed by atoms with Crippen molar-refractivity contribution in [2.75, 3.05) is 12.8 Å². The third-order valence-electron chi connectivity index (χ3n) is 3.07. The maximum absolute atomic E-state index is 13.4. The van der Waals surface area contributed by atoms with E-state index in [0.29, 0.717) is 22.6 Å². The minimum atomic E-state index is -0.458. The Morgan fingerprint density at radius 3 is 2.81 bits per heavy atom. The van der Waals surface area contributed by atoms with Gasteiger partial charge in [0.2, 0.25) is 5.88 Å². The maximum atomic E-state index is 13.4. The van der Waals surface area contributed by atoms with Crippen molar-refractivity contribution in [1.29, 1.82) is 0 Å². The van der Waals surface area contributed by atoms with Crippen LogP contribution in [0.2, 0.25) is 0 Å². The number of pyridine rings is 1. The summed E-state index contributed by atoms with van der Waals surface area (Å²) in [5.41, 5.74) is 8.05. The molecule has 0 bridgehead atoms. The number of benzene rings is 1. The summed E-state index contributed by atoms with van der Waals surface area (Å²) in [6.45, 7) is 0. The number of nitrogen functional groups attached to an aromatic ring is 1. The summed E-state index contributed by atoms with van der Waals surface area (Å²) in [6.07, 6.45) is 2.62. The number of halogens is 1. The summed E-state index contributed by atoms with van der Waals surface area (Å²) in [7, 11) is 1.56. The van der Waals surface area contributed by atoms with Crippen molar-refractivity contribution in [2.24, 2.45) is 0 Å². The van der Waals surface area contributed by atoms with Gasteiger partial charge in [0.05, 0.1) is 18.9 Å². The van der Waals surface area contributed by atoms with Crippen LogP contribution in [0.4, 0.5) is 10.3 Å². The quantitative estimate of drug-likeness (QED) is 0.800. The molecule has 0 radical (unpaired) electrons. The molecule has 2 N–H and O–H groups in total. The van der Waals surface area contributed by atoms with Crippen LogP contribution in [0.25, 0.3) is 22.4 Å². The fourth-order valence-electron chi connectivity index (χ4n) is 2.15. The Bertz CT molecular complexity index is 786. The van der Waals surface area contributed by atoms with Crippen LogP contribution < -0.4 is 10.5 Å². The molecule has 0 fully saturated rings. The zero-order valence-corrected chi connectivity index (χ0v) is 11.2. The van der Waals surface area contributed by atoms with Gasteiger partial charge in [0.1, 0.15) is 17.3 Å². The lowest BCUT2D eigenvalue weighted by molar-refractivity contribution is 0.416. The van der Waals surface area contributed by atoms with Crippen molar-refractivity contribution in [3.8, 4) is 28.1 Å². The van der Waals surface area contributed by atoms with E-state index in [9.17, 15) is 4.39 Å². The Hall–Kier alpha value is -2.89. The smallest absolute Gasteiger partial charge is 0.230 e. The molecule has 2 heterocycles. The van der Waals surface area contributed by atoms with Gasteiger partial charge in [-0.15, -0.1) is 0 Å². The van der Waals surface area contributed by atoms with Gasteiger partial charge in [0, 0.05) is 17.3 Å². The predicted octanol–water partition coefficient (Wildman–Crippen LogP) is 3.13. The van der Waals surface area contributed by atoms with E-state index in [1.807, 2.05) is 18.2 Å². The van der Waals surface area contributed by atoms with E-state index in [4.69, 9.17) is 15.0 Å². The Balaban J connectivity index is 2.22. The summed E-state index contributed by atoms with van der Waals surface area (Å²) < 4.78 is 23.8. The molecule has 3 aromatic rings. The van der Waals surface area contributed by atoms with E-state index >= 15 is 0 Å². The SMILES string of the molecule is COc1ccccc1-c1c(-c2cncc(F)c2)noc1N. The first-order valence-corrected chi connectivity index (χ1v) is 6.20. The van der Waals surface area contributed by atoms with Crippen LogP contribution in [0, 0.1) is 5.82 Å². The van der Waals surface area contributed by atoms with E-state index in [1.54, 1.807) is 13.2 Å². The average molecular weight is 285 g/mol. The zero-order valence-electron chi connectivity index (χ0n) is 11.2. The number of nitrogens with zero attached hydrogens (tertiary/aromatic N) is 2. The van der Waals surface area contributed by atoms with Gasteiger partial charge in [-0.05, 0) is 12.1 Å². The van der Waals surface area contributed by atoms with Crippen molar-refractivity contribution in [1.82, 2.24) is 10.1 Å². The van der Waals surface area contributed by atoms with Gasteiger partial charge in [0.15, 0.2) is 0 Å². The van der Waals surface area contributed by atoms with Crippen LogP contribution in [0.1, 0.15) is 0 Å². The molecule has 3 rings (SSSR count). The first-order valence-electron chi connectivity index (χ1n) is 6.20. The van der Waals surface area contributed by atoms with Gasteiger partial charge in [-0.1, -0.05) is 23.4 Å². The first kappa shape index (κ1) is 13.1. The number of nitrogens with two attached hydrogens (primary N) is 1. The van der Waals surface area contributed by atoms with Gasteiger partial charge >= 0.3 is 0 Å². The minimum absolute atomic E-state index is 0.138. The summed E-state index contributed by atoms with van der Waals surface area (Å²) in [4.78, 5) is 3.82. The summed E-state index contributed by atoms with van der Waals surface area (Å²) in [5.74, 6) is 0.303. The average Bonchev–Trinajstić information content (AvgIpc) is 2.89. The Morgan fingerprint density at radius 1 is 1.24 bits per heavy atom. The summed E-state index contributed by atoms with van der Waals surface area (Å²) >= 11 is 0. The van der Waals surface area contributed by atoms with E-state index in [1.165, 1.54) is 12.3 Å². The Labute approximate surface area is 120 Å². The second-order valence-corrected chi connectivity index (χ2v) is 4.36.